The second kappa shape index (κ2) is 12.8. The highest BCUT2D eigenvalue weighted by Crippen LogP contribution is 2.42. The van der Waals surface area contributed by atoms with Crippen LogP contribution in [0.25, 0.3) is 0 Å². The van der Waals surface area contributed by atoms with Gasteiger partial charge in [0.15, 0.2) is 0 Å². The van der Waals surface area contributed by atoms with Gasteiger partial charge in [0.2, 0.25) is 5.91 Å². The van der Waals surface area contributed by atoms with Crippen molar-refractivity contribution in [2.45, 2.75) is 50.2 Å². The van der Waals surface area contributed by atoms with E-state index in [1.54, 1.807) is 14.2 Å². The molecule has 7 nitrogen and oxygen atoms in total. The summed E-state index contributed by atoms with van der Waals surface area (Å²) in [5.74, 6) is -0.485. The second-order valence-corrected chi connectivity index (χ2v) is 11.0. The van der Waals surface area contributed by atoms with Crippen LogP contribution < -0.4 is 9.47 Å². The van der Waals surface area contributed by atoms with Gasteiger partial charge < -0.3 is 24.2 Å². The predicted octanol–water partition coefficient (Wildman–Crippen LogP) is 5.89. The number of methoxy groups -OCH3 is 2. The van der Waals surface area contributed by atoms with Crippen LogP contribution in [0.3, 0.4) is 0 Å². The first-order chi connectivity index (χ1) is 20.0. The lowest BCUT2D eigenvalue weighted by Gasteiger charge is -2.39. The SMILES string of the molecule is COc1ccc(C(OCC2CCCN2C(=O)C2CCCCC2C(=O)O)(c2ccccc2)c2ccc(OC)cc2)cc1. The van der Waals surface area contributed by atoms with E-state index in [4.69, 9.17) is 14.2 Å². The lowest BCUT2D eigenvalue weighted by atomic mass is 9.78. The smallest absolute Gasteiger partial charge is 0.307 e. The average Bonchev–Trinajstić information content (AvgIpc) is 3.51. The molecule has 216 valence electrons. The number of carbonyl (C=O) groups excluding carboxylic acids is 1. The van der Waals surface area contributed by atoms with E-state index < -0.39 is 23.4 Å². The number of carboxylic acid groups (broad SMARTS) is 1. The van der Waals surface area contributed by atoms with Gasteiger partial charge in [0.05, 0.1) is 38.7 Å². The summed E-state index contributed by atoms with van der Waals surface area (Å²) in [5.41, 5.74) is 1.86. The summed E-state index contributed by atoms with van der Waals surface area (Å²) < 4.78 is 18.0. The van der Waals surface area contributed by atoms with E-state index in [2.05, 4.69) is 12.1 Å². The molecule has 1 aliphatic carbocycles. The van der Waals surface area contributed by atoms with E-state index in [9.17, 15) is 14.7 Å². The lowest BCUT2D eigenvalue weighted by Crippen LogP contribution is -2.47. The van der Waals surface area contributed by atoms with Crippen molar-refractivity contribution in [2.75, 3.05) is 27.4 Å². The third-order valence-corrected chi connectivity index (χ3v) is 8.73. The Labute approximate surface area is 242 Å². The lowest BCUT2D eigenvalue weighted by molar-refractivity contribution is -0.153. The Kier molecular flexibility index (Phi) is 8.93. The van der Waals surface area contributed by atoms with E-state index in [1.807, 2.05) is 71.6 Å². The van der Waals surface area contributed by atoms with Crippen LogP contribution in [0.4, 0.5) is 0 Å². The monoisotopic (exact) mass is 557 g/mol. The van der Waals surface area contributed by atoms with Gasteiger partial charge in [-0.3, -0.25) is 9.59 Å². The van der Waals surface area contributed by atoms with E-state index in [0.29, 0.717) is 26.0 Å². The minimum absolute atomic E-state index is 0.0394. The molecule has 0 bridgehead atoms. The molecule has 0 radical (unpaired) electrons. The molecular formula is C34H39NO6. The maximum Gasteiger partial charge on any atom is 0.307 e. The normalized spacial score (nSPS) is 20.9. The summed E-state index contributed by atoms with van der Waals surface area (Å²) in [6.45, 7) is 0.933. The number of benzene rings is 3. The maximum atomic E-state index is 13.8. The molecule has 3 unspecified atom stereocenters. The number of nitrogens with zero attached hydrogens (tertiary/aromatic N) is 1. The van der Waals surface area contributed by atoms with Gasteiger partial charge in [0.25, 0.3) is 0 Å². The number of amides is 1. The largest absolute Gasteiger partial charge is 0.497 e. The fourth-order valence-corrected chi connectivity index (χ4v) is 6.53. The topological polar surface area (TPSA) is 85.3 Å². The molecule has 3 aromatic rings. The molecule has 5 rings (SSSR count). The molecule has 3 aromatic carbocycles. The first-order valence-corrected chi connectivity index (χ1v) is 14.5. The zero-order valence-electron chi connectivity index (χ0n) is 23.8. The van der Waals surface area contributed by atoms with Crippen molar-refractivity contribution >= 4 is 11.9 Å². The van der Waals surface area contributed by atoms with Gasteiger partial charge in [0, 0.05) is 6.54 Å². The van der Waals surface area contributed by atoms with E-state index >= 15 is 0 Å². The molecule has 1 saturated heterocycles. The Bertz CT molecular complexity index is 1260. The van der Waals surface area contributed by atoms with Crippen LogP contribution in [-0.4, -0.2) is 55.3 Å². The third-order valence-electron chi connectivity index (χ3n) is 8.73. The van der Waals surface area contributed by atoms with Crippen molar-refractivity contribution in [1.29, 1.82) is 0 Å². The molecule has 7 heteroatoms. The summed E-state index contributed by atoms with van der Waals surface area (Å²) in [4.78, 5) is 27.6. The van der Waals surface area contributed by atoms with Crippen LogP contribution >= 0.6 is 0 Å². The van der Waals surface area contributed by atoms with Crippen LogP contribution in [0.5, 0.6) is 11.5 Å². The Morgan fingerprint density at radius 2 is 1.29 bits per heavy atom. The molecule has 1 heterocycles. The number of rotatable bonds is 10. The fraction of sp³-hybridized carbons (Fsp3) is 0.412. The van der Waals surface area contributed by atoms with E-state index in [-0.39, 0.29) is 11.9 Å². The number of ether oxygens (including phenoxy) is 3. The number of hydrogen-bond acceptors (Lipinski definition) is 5. The molecule has 0 aromatic heterocycles. The van der Waals surface area contributed by atoms with Gasteiger partial charge in [-0.25, -0.2) is 0 Å². The van der Waals surface area contributed by atoms with Gasteiger partial charge in [-0.05, 0) is 66.6 Å². The Balaban J connectivity index is 1.51. The quantitative estimate of drug-likeness (QED) is 0.313. The van der Waals surface area contributed by atoms with Crippen molar-refractivity contribution in [2.24, 2.45) is 11.8 Å². The van der Waals surface area contributed by atoms with Crippen molar-refractivity contribution in [3.05, 3.63) is 95.6 Å². The summed E-state index contributed by atoms with van der Waals surface area (Å²) in [6.07, 6.45) is 4.62. The van der Waals surface area contributed by atoms with Gasteiger partial charge in [-0.1, -0.05) is 67.4 Å². The molecule has 3 atom stereocenters. The van der Waals surface area contributed by atoms with Gasteiger partial charge in [-0.15, -0.1) is 0 Å². The van der Waals surface area contributed by atoms with Crippen LogP contribution in [0, 0.1) is 11.8 Å². The van der Waals surface area contributed by atoms with Crippen molar-refractivity contribution in [1.82, 2.24) is 4.90 Å². The predicted molar refractivity (Wildman–Crippen MR) is 156 cm³/mol. The molecule has 1 aliphatic heterocycles. The highest BCUT2D eigenvalue weighted by molar-refractivity contribution is 5.85. The molecule has 41 heavy (non-hydrogen) atoms. The zero-order chi connectivity index (χ0) is 28.8. The number of aliphatic carboxylic acids is 1. The maximum absolute atomic E-state index is 13.8. The Morgan fingerprint density at radius 1 is 0.756 bits per heavy atom. The summed E-state index contributed by atoms with van der Waals surface area (Å²) >= 11 is 0. The minimum Gasteiger partial charge on any atom is -0.497 e. The van der Waals surface area contributed by atoms with Gasteiger partial charge >= 0.3 is 5.97 Å². The van der Waals surface area contributed by atoms with Crippen molar-refractivity contribution < 1.29 is 28.9 Å². The van der Waals surface area contributed by atoms with Crippen LogP contribution in [-0.2, 0) is 19.9 Å². The first kappa shape index (κ1) is 28.7. The van der Waals surface area contributed by atoms with E-state index in [0.717, 1.165) is 53.9 Å². The standard InChI is InChI=1S/C34H39NO6/c1-39-28-18-14-25(15-19-28)34(24-9-4-3-5-10-24,26-16-20-29(40-2)21-17-26)41-23-27-11-8-22-35(27)32(36)30-12-6-7-13-31(30)33(37)38/h3-5,9-10,14-21,27,30-31H,6-8,11-13,22-23H2,1-2H3,(H,37,38). The molecule has 1 amide bonds. The molecule has 1 N–H and O–H groups in total. The number of carboxylic acids is 1. The van der Waals surface area contributed by atoms with Crippen LogP contribution in [0.15, 0.2) is 78.9 Å². The highest BCUT2D eigenvalue weighted by Gasteiger charge is 2.43. The molecule has 2 fully saturated rings. The number of hydrogen-bond donors (Lipinski definition) is 1. The van der Waals surface area contributed by atoms with Crippen molar-refractivity contribution in [3.63, 3.8) is 0 Å². The Morgan fingerprint density at radius 3 is 1.83 bits per heavy atom. The Hall–Kier alpha value is -3.84. The first-order valence-electron chi connectivity index (χ1n) is 14.5. The molecular weight excluding hydrogens is 518 g/mol. The molecule has 0 spiro atoms. The van der Waals surface area contributed by atoms with E-state index in [1.165, 1.54) is 0 Å². The number of likely N-dealkylation sites (tertiary alicyclic amines) is 1. The average molecular weight is 558 g/mol. The second-order valence-electron chi connectivity index (χ2n) is 11.0. The summed E-state index contributed by atoms with van der Waals surface area (Å²) in [7, 11) is 3.29. The number of carbonyl (C=O) groups is 2. The van der Waals surface area contributed by atoms with Crippen molar-refractivity contribution in [3.8, 4) is 11.5 Å². The highest BCUT2D eigenvalue weighted by atomic mass is 16.5. The zero-order valence-corrected chi connectivity index (χ0v) is 23.8. The fourth-order valence-electron chi connectivity index (χ4n) is 6.53. The summed E-state index contributed by atoms with van der Waals surface area (Å²) in [6, 6.07) is 25.8. The summed E-state index contributed by atoms with van der Waals surface area (Å²) in [5, 5.41) is 9.82. The van der Waals surface area contributed by atoms with Crippen LogP contribution in [0.1, 0.15) is 55.2 Å². The van der Waals surface area contributed by atoms with Gasteiger partial charge in [0.1, 0.15) is 17.1 Å². The van der Waals surface area contributed by atoms with Gasteiger partial charge in [-0.2, -0.15) is 0 Å². The third kappa shape index (κ3) is 5.82. The molecule has 1 saturated carbocycles. The van der Waals surface area contributed by atoms with Crippen LogP contribution in [0.2, 0.25) is 0 Å². The minimum atomic E-state index is -0.967. The molecule has 2 aliphatic rings.